The Kier molecular flexibility index (Phi) is 5.16. The second kappa shape index (κ2) is 7.08. The largest absolute Gasteiger partial charge is 0.493 e. The van der Waals surface area contributed by atoms with Crippen molar-refractivity contribution in [2.45, 2.75) is 26.2 Å². The van der Waals surface area contributed by atoms with Gasteiger partial charge in [-0.1, -0.05) is 12.1 Å². The second-order valence-electron chi connectivity index (χ2n) is 5.10. The minimum atomic E-state index is -0.742. The van der Waals surface area contributed by atoms with E-state index in [1.807, 2.05) is 24.3 Å². The van der Waals surface area contributed by atoms with Crippen LogP contribution in [0.3, 0.4) is 0 Å². The van der Waals surface area contributed by atoms with Crippen LogP contribution >= 0.6 is 0 Å². The van der Waals surface area contributed by atoms with Gasteiger partial charge in [0, 0.05) is 0 Å². The third-order valence-corrected chi connectivity index (χ3v) is 3.29. The Balaban J connectivity index is 1.94. The molecular formula is C16H20O4. The van der Waals surface area contributed by atoms with Gasteiger partial charge in [0.25, 0.3) is 0 Å². The fraction of sp³-hybridized carbons (Fsp3) is 0.500. The molecule has 1 aliphatic rings. The summed E-state index contributed by atoms with van der Waals surface area (Å²) in [5.41, 5.74) is 0.906. The van der Waals surface area contributed by atoms with Crippen LogP contribution in [0.15, 0.2) is 24.3 Å². The summed E-state index contributed by atoms with van der Waals surface area (Å²) in [6.07, 6.45) is 3.49. The molecule has 4 nitrogen and oxygen atoms in total. The van der Waals surface area contributed by atoms with Gasteiger partial charge in [0.1, 0.15) is 18.0 Å². The maximum atomic E-state index is 11.6. The third-order valence-electron chi connectivity index (χ3n) is 3.29. The van der Waals surface area contributed by atoms with Crippen molar-refractivity contribution >= 4 is 12.3 Å². The van der Waals surface area contributed by atoms with Gasteiger partial charge in [-0.05, 0) is 49.8 Å². The molecule has 1 fully saturated rings. The van der Waals surface area contributed by atoms with Crippen molar-refractivity contribution in [3.05, 3.63) is 29.8 Å². The zero-order valence-corrected chi connectivity index (χ0v) is 11.7. The van der Waals surface area contributed by atoms with Crippen LogP contribution in [0, 0.1) is 11.8 Å². The maximum absolute atomic E-state index is 11.6. The first-order valence-corrected chi connectivity index (χ1v) is 7.06. The maximum Gasteiger partial charge on any atom is 0.316 e. The predicted octanol–water partition coefficient (Wildman–Crippen LogP) is 2.40. The van der Waals surface area contributed by atoms with E-state index in [4.69, 9.17) is 9.47 Å². The summed E-state index contributed by atoms with van der Waals surface area (Å²) in [7, 11) is 0. The summed E-state index contributed by atoms with van der Waals surface area (Å²) >= 11 is 0. The van der Waals surface area contributed by atoms with Crippen molar-refractivity contribution in [3.8, 4) is 5.75 Å². The molecule has 1 aromatic rings. The Labute approximate surface area is 119 Å². The van der Waals surface area contributed by atoms with Gasteiger partial charge in [-0.15, -0.1) is 0 Å². The topological polar surface area (TPSA) is 52.6 Å². The van der Waals surface area contributed by atoms with Gasteiger partial charge in [-0.25, -0.2) is 0 Å². The molecule has 108 valence electrons. The average molecular weight is 276 g/mol. The highest BCUT2D eigenvalue weighted by atomic mass is 16.5. The van der Waals surface area contributed by atoms with Crippen LogP contribution in [0.5, 0.6) is 5.75 Å². The van der Waals surface area contributed by atoms with Crippen molar-refractivity contribution in [2.24, 2.45) is 11.8 Å². The van der Waals surface area contributed by atoms with Gasteiger partial charge in [0.2, 0.25) is 0 Å². The molecule has 0 saturated heterocycles. The van der Waals surface area contributed by atoms with E-state index in [9.17, 15) is 9.59 Å². The Bertz CT molecular complexity index is 465. The van der Waals surface area contributed by atoms with E-state index >= 15 is 0 Å². The molecule has 0 amide bonds. The summed E-state index contributed by atoms with van der Waals surface area (Å²) in [5.74, 6) is 0.282. The van der Waals surface area contributed by atoms with Crippen molar-refractivity contribution in [1.82, 2.24) is 0 Å². The molecule has 1 atom stereocenters. The Morgan fingerprint density at radius 1 is 1.45 bits per heavy atom. The molecule has 20 heavy (non-hydrogen) atoms. The van der Waals surface area contributed by atoms with E-state index in [-0.39, 0.29) is 6.61 Å². The monoisotopic (exact) mass is 276 g/mol. The smallest absolute Gasteiger partial charge is 0.316 e. The number of benzene rings is 1. The summed E-state index contributed by atoms with van der Waals surface area (Å²) in [4.78, 5) is 22.6. The van der Waals surface area contributed by atoms with Crippen LogP contribution in [0.25, 0.3) is 0 Å². The highest BCUT2D eigenvalue weighted by Crippen LogP contribution is 2.29. The van der Waals surface area contributed by atoms with Crippen LogP contribution in [0.4, 0.5) is 0 Å². The number of rotatable bonds is 8. The van der Waals surface area contributed by atoms with E-state index in [2.05, 4.69) is 0 Å². The van der Waals surface area contributed by atoms with Gasteiger partial charge >= 0.3 is 5.97 Å². The van der Waals surface area contributed by atoms with Crippen LogP contribution in [-0.4, -0.2) is 25.5 Å². The fourth-order valence-electron chi connectivity index (χ4n) is 1.95. The molecule has 1 saturated carbocycles. The van der Waals surface area contributed by atoms with E-state index in [0.717, 1.165) is 17.9 Å². The zero-order valence-electron chi connectivity index (χ0n) is 11.7. The molecule has 0 bridgehead atoms. The molecule has 0 heterocycles. The van der Waals surface area contributed by atoms with Crippen LogP contribution < -0.4 is 4.74 Å². The van der Waals surface area contributed by atoms with Crippen LogP contribution in [-0.2, 0) is 20.7 Å². The van der Waals surface area contributed by atoms with Crippen molar-refractivity contribution in [3.63, 3.8) is 0 Å². The third kappa shape index (κ3) is 4.37. The molecular weight excluding hydrogens is 256 g/mol. The SMILES string of the molecule is CCOC(=O)C(C=O)Cc1cccc(OCC2CC2)c1. The van der Waals surface area contributed by atoms with Gasteiger partial charge in [-0.2, -0.15) is 0 Å². The highest BCUT2D eigenvalue weighted by Gasteiger charge is 2.22. The molecule has 2 rings (SSSR count). The number of hydrogen-bond acceptors (Lipinski definition) is 4. The first-order valence-electron chi connectivity index (χ1n) is 7.06. The molecule has 4 heteroatoms. The number of esters is 1. The Morgan fingerprint density at radius 2 is 2.25 bits per heavy atom. The van der Waals surface area contributed by atoms with Gasteiger partial charge in [0.05, 0.1) is 13.2 Å². The zero-order chi connectivity index (χ0) is 14.4. The molecule has 0 radical (unpaired) electrons. The molecule has 0 spiro atoms. The van der Waals surface area contributed by atoms with Crippen LogP contribution in [0.2, 0.25) is 0 Å². The van der Waals surface area contributed by atoms with E-state index in [1.54, 1.807) is 6.92 Å². The normalized spacial score (nSPS) is 15.4. The number of carbonyl (C=O) groups is 2. The summed E-state index contributed by atoms with van der Waals surface area (Å²) < 4.78 is 10.6. The first-order chi connectivity index (χ1) is 9.72. The minimum absolute atomic E-state index is 0.285. The van der Waals surface area contributed by atoms with Crippen molar-refractivity contribution in [1.29, 1.82) is 0 Å². The average Bonchev–Trinajstić information content (AvgIpc) is 3.27. The number of carbonyl (C=O) groups excluding carboxylic acids is 2. The van der Waals surface area contributed by atoms with Gasteiger partial charge in [0.15, 0.2) is 0 Å². The molecule has 0 aliphatic heterocycles. The van der Waals surface area contributed by atoms with Crippen LogP contribution in [0.1, 0.15) is 25.3 Å². The standard InChI is InChI=1S/C16H20O4/c1-2-19-16(18)14(10-17)8-13-4-3-5-15(9-13)20-11-12-6-7-12/h3-5,9-10,12,14H,2,6-8,11H2,1H3. The summed E-state index contributed by atoms with van der Waals surface area (Å²) in [6, 6.07) is 7.55. The molecule has 1 aromatic carbocycles. The summed E-state index contributed by atoms with van der Waals surface area (Å²) in [6.45, 7) is 2.76. The van der Waals surface area contributed by atoms with Crippen molar-refractivity contribution < 1.29 is 19.1 Å². The fourth-order valence-corrected chi connectivity index (χ4v) is 1.95. The lowest BCUT2D eigenvalue weighted by Gasteiger charge is -2.11. The van der Waals surface area contributed by atoms with Crippen molar-refractivity contribution in [2.75, 3.05) is 13.2 Å². The summed E-state index contributed by atoms with van der Waals surface area (Å²) in [5, 5.41) is 0. The number of aldehydes is 1. The second-order valence-corrected chi connectivity index (χ2v) is 5.10. The Hall–Kier alpha value is -1.84. The molecule has 1 unspecified atom stereocenters. The van der Waals surface area contributed by atoms with E-state index < -0.39 is 11.9 Å². The van der Waals surface area contributed by atoms with Gasteiger partial charge < -0.3 is 14.3 Å². The Morgan fingerprint density at radius 3 is 2.90 bits per heavy atom. The molecule has 1 aliphatic carbocycles. The lowest BCUT2D eigenvalue weighted by molar-refractivity contribution is -0.149. The lowest BCUT2D eigenvalue weighted by atomic mass is 10.0. The number of ether oxygens (including phenoxy) is 2. The predicted molar refractivity (Wildman–Crippen MR) is 74.6 cm³/mol. The van der Waals surface area contributed by atoms with E-state index in [1.165, 1.54) is 12.8 Å². The quantitative estimate of drug-likeness (QED) is 0.415. The first kappa shape index (κ1) is 14.6. The highest BCUT2D eigenvalue weighted by molar-refractivity contribution is 5.88. The minimum Gasteiger partial charge on any atom is -0.493 e. The molecule has 0 N–H and O–H groups in total. The molecule has 0 aromatic heterocycles. The lowest BCUT2D eigenvalue weighted by Crippen LogP contribution is -2.21. The van der Waals surface area contributed by atoms with E-state index in [0.29, 0.717) is 18.6 Å². The van der Waals surface area contributed by atoms with Gasteiger partial charge in [-0.3, -0.25) is 4.79 Å². The number of hydrogen-bond donors (Lipinski definition) is 0.